The zero-order valence-electron chi connectivity index (χ0n) is 12.4. The molecule has 0 aliphatic carbocycles. The standard InChI is InChI=1S/C14H18N4O4/c1-3-17(7-8-19)13-12(14(20)21)15-18(16-13)10-5-4-6-11(9-10)22-2/h4-6,9,19H,3,7-8H2,1-2H3,(H,20,21). The zero-order valence-corrected chi connectivity index (χ0v) is 12.4. The number of aromatic carboxylic acids is 1. The summed E-state index contributed by atoms with van der Waals surface area (Å²) in [5.74, 6) is -0.316. The highest BCUT2D eigenvalue weighted by Gasteiger charge is 2.22. The number of aliphatic hydroxyl groups excluding tert-OH is 1. The van der Waals surface area contributed by atoms with E-state index in [-0.39, 0.29) is 24.7 Å². The molecule has 0 radical (unpaired) electrons. The summed E-state index contributed by atoms with van der Waals surface area (Å²) < 4.78 is 5.14. The van der Waals surface area contributed by atoms with E-state index in [4.69, 9.17) is 9.84 Å². The highest BCUT2D eigenvalue weighted by molar-refractivity contribution is 5.91. The number of aromatic nitrogens is 3. The Kier molecular flexibility index (Phi) is 4.95. The van der Waals surface area contributed by atoms with Gasteiger partial charge in [-0.25, -0.2) is 4.79 Å². The van der Waals surface area contributed by atoms with Crippen LogP contribution in [0.5, 0.6) is 5.75 Å². The number of carbonyl (C=O) groups is 1. The molecule has 0 aliphatic rings. The number of ether oxygens (including phenoxy) is 1. The van der Waals surface area contributed by atoms with Crippen LogP contribution >= 0.6 is 0 Å². The van der Waals surface area contributed by atoms with E-state index in [1.165, 1.54) is 4.80 Å². The Morgan fingerprint density at radius 3 is 2.77 bits per heavy atom. The molecule has 22 heavy (non-hydrogen) atoms. The Labute approximate surface area is 127 Å². The Morgan fingerprint density at radius 2 is 2.18 bits per heavy atom. The van der Waals surface area contributed by atoms with E-state index >= 15 is 0 Å². The highest BCUT2D eigenvalue weighted by atomic mass is 16.5. The van der Waals surface area contributed by atoms with Crippen LogP contribution in [-0.2, 0) is 0 Å². The summed E-state index contributed by atoms with van der Waals surface area (Å²) >= 11 is 0. The summed E-state index contributed by atoms with van der Waals surface area (Å²) in [6.45, 7) is 2.55. The molecular weight excluding hydrogens is 288 g/mol. The summed E-state index contributed by atoms with van der Waals surface area (Å²) in [6.07, 6.45) is 0. The normalized spacial score (nSPS) is 10.5. The van der Waals surface area contributed by atoms with Gasteiger partial charge in [-0.3, -0.25) is 0 Å². The van der Waals surface area contributed by atoms with E-state index in [0.29, 0.717) is 18.0 Å². The van der Waals surface area contributed by atoms with Crippen molar-refractivity contribution < 1.29 is 19.7 Å². The van der Waals surface area contributed by atoms with Crippen LogP contribution in [0.15, 0.2) is 24.3 Å². The molecule has 0 spiro atoms. The first-order chi connectivity index (χ1) is 10.6. The molecule has 8 heteroatoms. The second kappa shape index (κ2) is 6.90. The van der Waals surface area contributed by atoms with Gasteiger partial charge in [0, 0.05) is 19.2 Å². The average Bonchev–Trinajstić information content (AvgIpc) is 2.98. The maximum absolute atomic E-state index is 11.4. The first-order valence-electron chi connectivity index (χ1n) is 6.81. The molecule has 118 valence electrons. The van der Waals surface area contributed by atoms with Gasteiger partial charge < -0.3 is 19.8 Å². The summed E-state index contributed by atoms with van der Waals surface area (Å²) in [5, 5.41) is 26.7. The molecule has 8 nitrogen and oxygen atoms in total. The van der Waals surface area contributed by atoms with E-state index in [0.717, 1.165) is 0 Å². The van der Waals surface area contributed by atoms with Crippen LogP contribution in [0.1, 0.15) is 17.4 Å². The van der Waals surface area contributed by atoms with Crippen LogP contribution in [-0.4, -0.2) is 58.0 Å². The number of nitrogens with zero attached hydrogens (tertiary/aromatic N) is 4. The van der Waals surface area contributed by atoms with Crippen LogP contribution < -0.4 is 9.64 Å². The summed E-state index contributed by atoms with van der Waals surface area (Å²) in [6, 6.07) is 7.00. The number of carboxylic acid groups (broad SMARTS) is 1. The van der Waals surface area contributed by atoms with Crippen molar-refractivity contribution in [2.24, 2.45) is 0 Å². The van der Waals surface area contributed by atoms with Gasteiger partial charge in [0.1, 0.15) is 5.75 Å². The Balaban J connectivity index is 2.47. The van der Waals surface area contributed by atoms with E-state index in [1.807, 2.05) is 6.92 Å². The van der Waals surface area contributed by atoms with Crippen molar-refractivity contribution in [1.82, 2.24) is 15.0 Å². The molecule has 0 aliphatic heterocycles. The molecular formula is C14H18N4O4. The number of carboxylic acids is 1. The molecule has 0 atom stereocenters. The number of rotatable bonds is 7. The molecule has 0 saturated heterocycles. The summed E-state index contributed by atoms with van der Waals surface area (Å²) in [5.41, 5.74) is 0.436. The first-order valence-corrected chi connectivity index (χ1v) is 6.81. The molecule has 0 saturated carbocycles. The van der Waals surface area contributed by atoms with Crippen molar-refractivity contribution >= 4 is 11.8 Å². The van der Waals surface area contributed by atoms with E-state index in [2.05, 4.69) is 10.2 Å². The van der Waals surface area contributed by atoms with Crippen molar-refractivity contribution in [3.63, 3.8) is 0 Å². The highest BCUT2D eigenvalue weighted by Crippen LogP contribution is 2.20. The number of anilines is 1. The van der Waals surface area contributed by atoms with Crippen LogP contribution in [0, 0.1) is 0 Å². The predicted octanol–water partition coefficient (Wildman–Crippen LogP) is 0.793. The van der Waals surface area contributed by atoms with Crippen LogP contribution in [0.3, 0.4) is 0 Å². The second-order valence-corrected chi connectivity index (χ2v) is 4.47. The van der Waals surface area contributed by atoms with E-state index in [1.54, 1.807) is 36.3 Å². The number of likely N-dealkylation sites (N-methyl/N-ethyl adjacent to an activating group) is 1. The molecule has 1 aromatic carbocycles. The third kappa shape index (κ3) is 3.17. The SMILES string of the molecule is CCN(CCO)c1nn(-c2cccc(OC)c2)nc1C(=O)O. The smallest absolute Gasteiger partial charge is 0.360 e. The van der Waals surface area contributed by atoms with Crippen molar-refractivity contribution in [2.75, 3.05) is 31.7 Å². The van der Waals surface area contributed by atoms with Gasteiger partial charge in [-0.15, -0.1) is 15.0 Å². The fourth-order valence-electron chi connectivity index (χ4n) is 2.04. The summed E-state index contributed by atoms with van der Waals surface area (Å²) in [7, 11) is 1.55. The topological polar surface area (TPSA) is 101 Å². The maximum atomic E-state index is 11.4. The Bertz CT molecular complexity index is 656. The zero-order chi connectivity index (χ0) is 16.1. The fraction of sp³-hybridized carbons (Fsp3) is 0.357. The van der Waals surface area contributed by atoms with Gasteiger partial charge in [0.25, 0.3) is 0 Å². The Morgan fingerprint density at radius 1 is 1.41 bits per heavy atom. The predicted molar refractivity (Wildman–Crippen MR) is 79.8 cm³/mol. The minimum absolute atomic E-state index is 0.0983. The van der Waals surface area contributed by atoms with Crippen molar-refractivity contribution in [3.8, 4) is 11.4 Å². The average molecular weight is 306 g/mol. The fourth-order valence-corrected chi connectivity index (χ4v) is 2.04. The molecule has 2 rings (SSSR count). The lowest BCUT2D eigenvalue weighted by atomic mass is 10.3. The monoisotopic (exact) mass is 306 g/mol. The van der Waals surface area contributed by atoms with Crippen molar-refractivity contribution in [2.45, 2.75) is 6.92 Å². The van der Waals surface area contributed by atoms with Gasteiger partial charge in [0.2, 0.25) is 5.69 Å². The number of hydrogen-bond acceptors (Lipinski definition) is 6. The van der Waals surface area contributed by atoms with Crippen LogP contribution in [0.4, 0.5) is 5.82 Å². The molecule has 0 amide bonds. The number of benzene rings is 1. The molecule has 0 fully saturated rings. The third-order valence-corrected chi connectivity index (χ3v) is 3.13. The van der Waals surface area contributed by atoms with Gasteiger partial charge in [-0.1, -0.05) is 6.07 Å². The van der Waals surface area contributed by atoms with E-state index in [9.17, 15) is 9.90 Å². The van der Waals surface area contributed by atoms with Gasteiger partial charge in [0.15, 0.2) is 5.82 Å². The van der Waals surface area contributed by atoms with Crippen LogP contribution in [0.25, 0.3) is 5.69 Å². The van der Waals surface area contributed by atoms with Gasteiger partial charge in [-0.2, -0.15) is 0 Å². The first kappa shape index (κ1) is 15.8. The summed E-state index contributed by atoms with van der Waals surface area (Å²) in [4.78, 5) is 14.3. The van der Waals surface area contributed by atoms with E-state index < -0.39 is 5.97 Å². The molecule has 0 bridgehead atoms. The minimum atomic E-state index is -1.17. The van der Waals surface area contributed by atoms with Gasteiger partial charge in [-0.05, 0) is 19.1 Å². The second-order valence-electron chi connectivity index (χ2n) is 4.47. The Hall–Kier alpha value is -2.61. The maximum Gasteiger partial charge on any atom is 0.360 e. The minimum Gasteiger partial charge on any atom is -0.497 e. The molecule has 1 aromatic heterocycles. The molecule has 2 N–H and O–H groups in total. The molecule has 1 heterocycles. The van der Waals surface area contributed by atoms with Crippen LogP contribution in [0.2, 0.25) is 0 Å². The van der Waals surface area contributed by atoms with Crippen molar-refractivity contribution in [1.29, 1.82) is 0 Å². The largest absolute Gasteiger partial charge is 0.497 e. The molecule has 0 unspecified atom stereocenters. The lowest BCUT2D eigenvalue weighted by Crippen LogP contribution is -2.28. The number of aliphatic hydroxyl groups is 1. The third-order valence-electron chi connectivity index (χ3n) is 3.13. The van der Waals surface area contributed by atoms with Gasteiger partial charge in [0.05, 0.1) is 19.4 Å². The lowest BCUT2D eigenvalue weighted by molar-refractivity contribution is 0.0690. The quantitative estimate of drug-likeness (QED) is 0.780. The molecule has 2 aromatic rings. The number of methoxy groups -OCH3 is 1. The van der Waals surface area contributed by atoms with Crippen molar-refractivity contribution in [3.05, 3.63) is 30.0 Å². The lowest BCUT2D eigenvalue weighted by Gasteiger charge is -2.18. The van der Waals surface area contributed by atoms with Gasteiger partial charge >= 0.3 is 5.97 Å². The number of hydrogen-bond donors (Lipinski definition) is 2.